The topological polar surface area (TPSA) is 9.86 Å². The van der Waals surface area contributed by atoms with Gasteiger partial charge in [-0.15, -0.1) is 0 Å². The highest BCUT2D eigenvalue weighted by Crippen LogP contribution is 2.46. The summed E-state index contributed by atoms with van der Waals surface area (Å²) in [7, 11) is 0. The zero-order valence-electron chi connectivity index (χ0n) is 44.4. The van der Waals surface area contributed by atoms with Crippen molar-refractivity contribution in [1.29, 1.82) is 0 Å². The van der Waals surface area contributed by atoms with Crippen LogP contribution >= 0.6 is 0 Å². The van der Waals surface area contributed by atoms with Crippen LogP contribution in [0.4, 0.5) is 0 Å². The molecule has 15 rings (SSSR count). The van der Waals surface area contributed by atoms with E-state index in [0.717, 1.165) is 36.3 Å². The normalized spacial score (nSPS) is 13.9. The van der Waals surface area contributed by atoms with Gasteiger partial charge in [-0.1, -0.05) is 249 Å². The highest BCUT2D eigenvalue weighted by atomic mass is 15.0. The molecule has 2 aliphatic carbocycles. The first kappa shape index (κ1) is 47.2. The van der Waals surface area contributed by atoms with E-state index < -0.39 is 0 Å². The van der Waals surface area contributed by atoms with Gasteiger partial charge in [0.15, 0.2) is 0 Å². The summed E-state index contributed by atoms with van der Waals surface area (Å²) in [5.41, 5.74) is 20.6. The molecular formula is C78H56N2. The Bertz CT molecular complexity index is 4580. The monoisotopic (exact) mass is 1020 g/mol. The average Bonchev–Trinajstić information content (AvgIpc) is 4.24. The summed E-state index contributed by atoms with van der Waals surface area (Å²) in [5, 5.41) is 10.1. The predicted octanol–water partition coefficient (Wildman–Crippen LogP) is 19.3. The minimum absolute atomic E-state index is 0.108. The Kier molecular flexibility index (Phi) is 11.9. The summed E-state index contributed by atoms with van der Waals surface area (Å²) in [6, 6.07) is 98.6. The first-order valence-corrected chi connectivity index (χ1v) is 28.2. The number of hydrogen-bond acceptors (Lipinski definition) is 0. The van der Waals surface area contributed by atoms with Gasteiger partial charge in [-0.2, -0.15) is 0 Å². The predicted molar refractivity (Wildman–Crippen MR) is 339 cm³/mol. The number of aromatic nitrogens is 2. The Hall–Kier alpha value is -10.0. The standard InChI is InChI=1S/C78H56N2/c1-5-21-57(22-6-1)71-47-48-72(58-23-7-2-8-24-58)79(71)65-41-37-55(38-42-65)67-45-46-68(56-39-43-66(44-40-56)80-73(59-25-9-3-10-26-59)49-50-74(80)60-27-11-4-12-28-60)78-76(64-36-34-54-20-14-16-30-62(54)52-64)70-32-18-17-31-69(70)75(77(67)78)63-35-33-53-19-13-15-29-61(53)51-63/h1-16,19-43,45-52,66H,17-18,44H2. The molecule has 0 saturated heterocycles. The molecule has 2 heterocycles. The Labute approximate surface area is 467 Å². The van der Waals surface area contributed by atoms with Crippen LogP contribution in [0.2, 0.25) is 0 Å². The van der Waals surface area contributed by atoms with Crippen LogP contribution < -0.4 is 10.4 Å². The van der Waals surface area contributed by atoms with Gasteiger partial charge in [0.05, 0.1) is 17.4 Å². The molecule has 378 valence electrons. The Balaban J connectivity index is 0.981. The lowest BCUT2D eigenvalue weighted by Gasteiger charge is -2.26. The molecule has 2 aromatic heterocycles. The van der Waals surface area contributed by atoms with Crippen LogP contribution in [0.1, 0.15) is 30.9 Å². The van der Waals surface area contributed by atoms with Gasteiger partial charge in [0, 0.05) is 17.1 Å². The molecule has 1 atom stereocenters. The summed E-state index contributed by atoms with van der Waals surface area (Å²) >= 11 is 0. The second-order valence-corrected chi connectivity index (χ2v) is 21.3. The van der Waals surface area contributed by atoms with Gasteiger partial charge in [-0.25, -0.2) is 0 Å². The van der Waals surface area contributed by atoms with Crippen LogP contribution in [0, 0.1) is 0 Å². The molecule has 1 unspecified atom stereocenters. The SMILES string of the molecule is C1=CC(n2c(-c3ccccc3)ccc2-c2ccccc2)CC=C1c1ccc(-c2ccc(-n3c(-c4ccccc4)ccc3-c3ccccc3)cc2)c2c(-c3ccc4ccccc4c3)c3c(c(-c4ccc5ccccc5c4)c12)=CCCC=3. The minimum Gasteiger partial charge on any atom is -0.333 e. The second-order valence-electron chi connectivity index (χ2n) is 21.3. The van der Waals surface area contributed by atoms with E-state index in [1.165, 1.54) is 121 Å². The molecule has 13 aromatic rings. The first-order valence-electron chi connectivity index (χ1n) is 28.2. The Morgan fingerprint density at radius 1 is 0.312 bits per heavy atom. The minimum atomic E-state index is 0.108. The third-order valence-corrected chi connectivity index (χ3v) is 16.7. The Morgan fingerprint density at radius 2 is 0.725 bits per heavy atom. The summed E-state index contributed by atoms with van der Waals surface area (Å²) in [4.78, 5) is 0. The molecule has 2 aliphatic rings. The van der Waals surface area contributed by atoms with E-state index in [9.17, 15) is 0 Å². The Morgan fingerprint density at radius 3 is 1.20 bits per heavy atom. The zero-order chi connectivity index (χ0) is 52.9. The summed E-state index contributed by atoms with van der Waals surface area (Å²) < 4.78 is 4.97. The molecule has 0 radical (unpaired) electrons. The van der Waals surface area contributed by atoms with Gasteiger partial charge in [0.1, 0.15) is 0 Å². The van der Waals surface area contributed by atoms with Crippen LogP contribution in [0.3, 0.4) is 0 Å². The number of hydrogen-bond donors (Lipinski definition) is 0. The van der Waals surface area contributed by atoms with Crippen molar-refractivity contribution in [3.8, 4) is 84.1 Å². The van der Waals surface area contributed by atoms with Gasteiger partial charge >= 0.3 is 0 Å². The number of nitrogens with zero attached hydrogens (tertiary/aromatic N) is 2. The molecule has 0 saturated carbocycles. The van der Waals surface area contributed by atoms with Gasteiger partial charge in [-0.05, 0) is 177 Å². The molecule has 11 aromatic carbocycles. The van der Waals surface area contributed by atoms with Crippen molar-refractivity contribution < 1.29 is 0 Å². The maximum Gasteiger partial charge on any atom is 0.0560 e. The van der Waals surface area contributed by atoms with Gasteiger partial charge in [0.2, 0.25) is 0 Å². The van der Waals surface area contributed by atoms with Gasteiger partial charge < -0.3 is 9.13 Å². The smallest absolute Gasteiger partial charge is 0.0560 e. The van der Waals surface area contributed by atoms with Crippen LogP contribution in [-0.4, -0.2) is 9.13 Å². The van der Waals surface area contributed by atoms with E-state index in [1.54, 1.807) is 0 Å². The van der Waals surface area contributed by atoms with Crippen molar-refractivity contribution in [1.82, 2.24) is 9.13 Å². The summed E-state index contributed by atoms with van der Waals surface area (Å²) in [6.45, 7) is 0. The fourth-order valence-electron chi connectivity index (χ4n) is 13.0. The van der Waals surface area contributed by atoms with Crippen molar-refractivity contribution >= 4 is 50.0 Å². The molecule has 0 amide bonds. The maximum absolute atomic E-state index is 2.55. The van der Waals surface area contributed by atoms with Crippen LogP contribution in [-0.2, 0) is 0 Å². The molecule has 2 nitrogen and oxygen atoms in total. The molecular weight excluding hydrogens is 965 g/mol. The molecule has 2 heteroatoms. The van der Waals surface area contributed by atoms with Crippen molar-refractivity contribution in [2.75, 3.05) is 0 Å². The zero-order valence-corrected chi connectivity index (χ0v) is 44.4. The van der Waals surface area contributed by atoms with Crippen LogP contribution in [0.15, 0.2) is 285 Å². The van der Waals surface area contributed by atoms with E-state index >= 15 is 0 Å². The lowest BCUT2D eigenvalue weighted by Crippen LogP contribution is -2.32. The average molecular weight is 1020 g/mol. The van der Waals surface area contributed by atoms with Crippen molar-refractivity contribution in [2.45, 2.75) is 25.3 Å². The lowest BCUT2D eigenvalue weighted by molar-refractivity contribution is 0.624. The van der Waals surface area contributed by atoms with Crippen LogP contribution in [0.25, 0.3) is 134 Å². The summed E-state index contributed by atoms with van der Waals surface area (Å²) in [5.74, 6) is 0. The van der Waals surface area contributed by atoms with Gasteiger partial charge in [0.25, 0.3) is 0 Å². The van der Waals surface area contributed by atoms with Crippen molar-refractivity contribution in [3.05, 3.63) is 301 Å². The van der Waals surface area contributed by atoms with Gasteiger partial charge in [-0.3, -0.25) is 0 Å². The van der Waals surface area contributed by atoms with Crippen molar-refractivity contribution in [2.24, 2.45) is 0 Å². The second kappa shape index (κ2) is 20.1. The van der Waals surface area contributed by atoms with E-state index in [4.69, 9.17) is 0 Å². The maximum atomic E-state index is 2.55. The fraction of sp³-hybridized carbons (Fsp3) is 0.0513. The third kappa shape index (κ3) is 8.27. The summed E-state index contributed by atoms with van der Waals surface area (Å²) in [6.07, 6.45) is 15.3. The van der Waals surface area contributed by atoms with E-state index in [-0.39, 0.29) is 6.04 Å². The molecule has 80 heavy (non-hydrogen) atoms. The first-order chi connectivity index (χ1) is 39.7. The van der Waals surface area contributed by atoms with Crippen molar-refractivity contribution in [3.63, 3.8) is 0 Å². The van der Waals surface area contributed by atoms with Crippen LogP contribution in [0.5, 0.6) is 0 Å². The molecule has 0 fully saturated rings. The number of rotatable bonds is 10. The highest BCUT2D eigenvalue weighted by molar-refractivity contribution is 6.17. The quantitative estimate of drug-likeness (QED) is 0.129. The largest absolute Gasteiger partial charge is 0.333 e. The molecule has 0 spiro atoms. The molecule has 0 aliphatic heterocycles. The highest BCUT2D eigenvalue weighted by Gasteiger charge is 2.26. The van der Waals surface area contributed by atoms with E-state index in [1.807, 2.05) is 0 Å². The lowest BCUT2D eigenvalue weighted by atomic mass is 9.79. The third-order valence-electron chi connectivity index (χ3n) is 16.7. The molecule has 0 bridgehead atoms. The molecule has 0 N–H and O–H groups in total. The fourth-order valence-corrected chi connectivity index (χ4v) is 13.0. The number of benzene rings is 11. The number of allylic oxidation sites excluding steroid dienone is 4. The van der Waals surface area contributed by atoms with E-state index in [0.29, 0.717) is 0 Å². The number of fused-ring (bicyclic) bond motifs is 4. The van der Waals surface area contributed by atoms with E-state index in [2.05, 4.69) is 306 Å².